The van der Waals surface area contributed by atoms with Crippen LogP contribution in [0.2, 0.25) is 0 Å². The van der Waals surface area contributed by atoms with Crippen molar-refractivity contribution in [1.29, 1.82) is 0 Å². The molecule has 0 amide bonds. The number of hydrogen-bond acceptors (Lipinski definition) is 3. The lowest BCUT2D eigenvalue weighted by Gasteiger charge is -2.01. The Morgan fingerprint density at radius 3 is 2.89 bits per heavy atom. The van der Waals surface area contributed by atoms with Gasteiger partial charge in [-0.05, 0) is 37.1 Å². The third-order valence-corrected chi connectivity index (χ3v) is 3.38. The second-order valence-electron chi connectivity index (χ2n) is 4.15. The lowest BCUT2D eigenvalue weighted by molar-refractivity contribution is 0.679. The molecular formula is C14H19N3S. The van der Waals surface area contributed by atoms with Crippen molar-refractivity contribution in [3.8, 4) is 5.69 Å². The fraction of sp³-hybridized carbons (Fsp3) is 0.357. The molecule has 4 heteroatoms. The Balaban J connectivity index is 1.83. The summed E-state index contributed by atoms with van der Waals surface area (Å²) in [5, 5.41) is 7.81. The Bertz CT molecular complexity index is 453. The number of hydrogen-bond donors (Lipinski definition) is 1. The van der Waals surface area contributed by atoms with E-state index in [9.17, 15) is 0 Å². The van der Waals surface area contributed by atoms with Crippen LogP contribution in [-0.4, -0.2) is 28.3 Å². The summed E-state index contributed by atoms with van der Waals surface area (Å²) in [5.41, 5.74) is 2.33. The number of benzene rings is 1. The predicted octanol–water partition coefficient (Wildman–Crippen LogP) is 2.72. The smallest absolute Gasteiger partial charge is 0.0645 e. The molecule has 0 radical (unpaired) electrons. The molecule has 0 bridgehead atoms. The van der Waals surface area contributed by atoms with Crippen LogP contribution in [-0.2, 0) is 6.54 Å². The second-order valence-corrected chi connectivity index (χ2v) is 5.14. The van der Waals surface area contributed by atoms with Crippen LogP contribution in [0.1, 0.15) is 12.0 Å². The molecule has 0 spiro atoms. The molecule has 3 nitrogen and oxygen atoms in total. The average Bonchev–Trinajstić information content (AvgIpc) is 2.88. The van der Waals surface area contributed by atoms with Crippen molar-refractivity contribution in [2.24, 2.45) is 0 Å². The summed E-state index contributed by atoms with van der Waals surface area (Å²) in [5.74, 6) is 1.22. The van der Waals surface area contributed by atoms with Gasteiger partial charge in [0.05, 0.1) is 11.9 Å². The van der Waals surface area contributed by atoms with E-state index in [2.05, 4.69) is 35.0 Å². The van der Waals surface area contributed by atoms with E-state index >= 15 is 0 Å². The molecule has 2 rings (SSSR count). The molecule has 0 aliphatic rings. The maximum absolute atomic E-state index is 4.37. The summed E-state index contributed by atoms with van der Waals surface area (Å²) in [6.45, 7) is 1.96. The van der Waals surface area contributed by atoms with Crippen molar-refractivity contribution in [3.05, 3.63) is 48.3 Å². The summed E-state index contributed by atoms with van der Waals surface area (Å²) in [6.07, 6.45) is 7.36. The topological polar surface area (TPSA) is 29.9 Å². The van der Waals surface area contributed by atoms with Crippen LogP contribution < -0.4 is 5.32 Å². The SMILES string of the molecule is CSCCCNCc1cnn(-c2ccccc2)c1. The van der Waals surface area contributed by atoms with Gasteiger partial charge in [0.1, 0.15) is 0 Å². The maximum atomic E-state index is 4.37. The van der Waals surface area contributed by atoms with Crippen molar-refractivity contribution < 1.29 is 0 Å². The lowest BCUT2D eigenvalue weighted by atomic mass is 10.3. The highest BCUT2D eigenvalue weighted by Crippen LogP contribution is 2.07. The van der Waals surface area contributed by atoms with Crippen LogP contribution in [0.5, 0.6) is 0 Å². The minimum absolute atomic E-state index is 0.890. The van der Waals surface area contributed by atoms with Gasteiger partial charge >= 0.3 is 0 Å². The Hall–Kier alpha value is -1.26. The van der Waals surface area contributed by atoms with Gasteiger partial charge in [-0.1, -0.05) is 18.2 Å². The van der Waals surface area contributed by atoms with Gasteiger partial charge in [0.25, 0.3) is 0 Å². The molecule has 18 heavy (non-hydrogen) atoms. The molecule has 96 valence electrons. The maximum Gasteiger partial charge on any atom is 0.0645 e. The number of thioether (sulfide) groups is 1. The summed E-state index contributed by atoms with van der Waals surface area (Å²) < 4.78 is 1.92. The fourth-order valence-electron chi connectivity index (χ4n) is 1.75. The fourth-order valence-corrected chi connectivity index (χ4v) is 2.18. The van der Waals surface area contributed by atoms with Gasteiger partial charge in [0, 0.05) is 18.3 Å². The highest BCUT2D eigenvalue weighted by molar-refractivity contribution is 7.98. The first-order valence-corrected chi connectivity index (χ1v) is 7.58. The van der Waals surface area contributed by atoms with Crippen LogP contribution in [0.25, 0.3) is 5.69 Å². The number of nitrogens with one attached hydrogen (secondary N) is 1. The number of aromatic nitrogens is 2. The molecule has 1 N–H and O–H groups in total. The third kappa shape index (κ3) is 3.89. The highest BCUT2D eigenvalue weighted by atomic mass is 32.2. The normalized spacial score (nSPS) is 10.7. The summed E-state index contributed by atoms with van der Waals surface area (Å²) in [4.78, 5) is 0. The molecule has 0 aliphatic heterocycles. The minimum Gasteiger partial charge on any atom is -0.313 e. The zero-order valence-corrected chi connectivity index (χ0v) is 11.5. The Morgan fingerprint density at radius 2 is 2.11 bits per heavy atom. The lowest BCUT2D eigenvalue weighted by Crippen LogP contribution is -2.14. The molecule has 0 atom stereocenters. The van der Waals surface area contributed by atoms with Gasteiger partial charge in [-0.25, -0.2) is 4.68 Å². The zero-order valence-electron chi connectivity index (χ0n) is 10.7. The molecule has 0 saturated carbocycles. The molecule has 1 aromatic heterocycles. The Labute approximate surface area is 113 Å². The van der Waals surface area contributed by atoms with Crippen LogP contribution in [0, 0.1) is 0 Å². The van der Waals surface area contributed by atoms with E-state index in [1.807, 2.05) is 40.8 Å². The zero-order chi connectivity index (χ0) is 12.6. The number of rotatable bonds is 7. The molecule has 0 saturated heterocycles. The summed E-state index contributed by atoms with van der Waals surface area (Å²) in [7, 11) is 0. The van der Waals surface area contributed by atoms with Crippen molar-refractivity contribution in [2.75, 3.05) is 18.6 Å². The van der Waals surface area contributed by atoms with Gasteiger partial charge in [0.15, 0.2) is 0 Å². The third-order valence-electron chi connectivity index (χ3n) is 2.69. The highest BCUT2D eigenvalue weighted by Gasteiger charge is 1.99. The first-order chi connectivity index (χ1) is 8.90. The van der Waals surface area contributed by atoms with Crippen molar-refractivity contribution >= 4 is 11.8 Å². The monoisotopic (exact) mass is 261 g/mol. The number of nitrogens with zero attached hydrogens (tertiary/aromatic N) is 2. The summed E-state index contributed by atoms with van der Waals surface area (Å²) >= 11 is 1.89. The van der Waals surface area contributed by atoms with Gasteiger partial charge in [-0.15, -0.1) is 0 Å². The molecule has 0 aliphatic carbocycles. The average molecular weight is 261 g/mol. The molecular weight excluding hydrogens is 242 g/mol. The molecule has 0 unspecified atom stereocenters. The molecule has 2 aromatic rings. The minimum atomic E-state index is 0.890. The van der Waals surface area contributed by atoms with E-state index < -0.39 is 0 Å². The van der Waals surface area contributed by atoms with E-state index in [4.69, 9.17) is 0 Å². The Kier molecular flexibility index (Phi) is 5.30. The van der Waals surface area contributed by atoms with E-state index in [1.54, 1.807) is 0 Å². The Morgan fingerprint density at radius 1 is 1.28 bits per heavy atom. The van der Waals surface area contributed by atoms with Crippen LogP contribution >= 0.6 is 11.8 Å². The van der Waals surface area contributed by atoms with Crippen LogP contribution in [0.3, 0.4) is 0 Å². The van der Waals surface area contributed by atoms with Crippen molar-refractivity contribution in [3.63, 3.8) is 0 Å². The van der Waals surface area contributed by atoms with Crippen LogP contribution in [0.4, 0.5) is 0 Å². The quantitative estimate of drug-likeness (QED) is 0.777. The van der Waals surface area contributed by atoms with Crippen molar-refractivity contribution in [2.45, 2.75) is 13.0 Å². The number of para-hydroxylation sites is 1. The first kappa shape index (κ1) is 13.2. The van der Waals surface area contributed by atoms with E-state index in [0.717, 1.165) is 18.8 Å². The molecule has 1 heterocycles. The van der Waals surface area contributed by atoms with E-state index in [-0.39, 0.29) is 0 Å². The van der Waals surface area contributed by atoms with Gasteiger partial charge < -0.3 is 5.32 Å². The molecule has 0 fully saturated rings. The van der Waals surface area contributed by atoms with Crippen LogP contribution in [0.15, 0.2) is 42.7 Å². The van der Waals surface area contributed by atoms with Gasteiger partial charge in [-0.3, -0.25) is 0 Å². The predicted molar refractivity (Wildman–Crippen MR) is 78.3 cm³/mol. The van der Waals surface area contributed by atoms with Crippen molar-refractivity contribution in [1.82, 2.24) is 15.1 Å². The first-order valence-electron chi connectivity index (χ1n) is 6.19. The van der Waals surface area contributed by atoms with E-state index in [1.165, 1.54) is 17.7 Å². The standard InChI is InChI=1S/C14H19N3S/c1-18-9-5-8-15-10-13-11-16-17(12-13)14-6-3-2-4-7-14/h2-4,6-7,11-12,15H,5,8-10H2,1H3. The summed E-state index contributed by atoms with van der Waals surface area (Å²) in [6, 6.07) is 10.2. The van der Waals surface area contributed by atoms with Gasteiger partial charge in [-0.2, -0.15) is 16.9 Å². The van der Waals surface area contributed by atoms with Gasteiger partial charge in [0.2, 0.25) is 0 Å². The molecule has 1 aromatic carbocycles. The second kappa shape index (κ2) is 7.24. The van der Waals surface area contributed by atoms with E-state index in [0.29, 0.717) is 0 Å². The largest absolute Gasteiger partial charge is 0.313 e.